The van der Waals surface area contributed by atoms with E-state index in [0.717, 1.165) is 16.9 Å². The Kier molecular flexibility index (Phi) is 4.82. The summed E-state index contributed by atoms with van der Waals surface area (Å²) in [4.78, 5) is 17.1. The van der Waals surface area contributed by atoms with Gasteiger partial charge in [0.2, 0.25) is 5.91 Å². The van der Waals surface area contributed by atoms with Crippen LogP contribution >= 0.6 is 23.2 Å². The van der Waals surface area contributed by atoms with E-state index in [1.54, 1.807) is 12.3 Å². The van der Waals surface area contributed by atoms with E-state index in [0.29, 0.717) is 23.1 Å². The van der Waals surface area contributed by atoms with Gasteiger partial charge >= 0.3 is 0 Å². The molecule has 1 aliphatic rings. The lowest BCUT2D eigenvalue weighted by Gasteiger charge is -2.18. The summed E-state index contributed by atoms with van der Waals surface area (Å²) < 4.78 is 1.85. The number of hydrogen-bond acceptors (Lipinski definition) is 4. The van der Waals surface area contributed by atoms with Crippen LogP contribution in [0.3, 0.4) is 0 Å². The molecule has 1 fully saturated rings. The number of carbonyl (C=O) groups excluding carboxylic acids is 1. The van der Waals surface area contributed by atoms with Gasteiger partial charge in [0.25, 0.3) is 0 Å². The molecule has 0 saturated carbocycles. The Morgan fingerprint density at radius 3 is 2.73 bits per heavy atom. The summed E-state index contributed by atoms with van der Waals surface area (Å²) in [6.07, 6.45) is 3.65. The third-order valence-electron chi connectivity index (χ3n) is 4.46. The smallest absolute Gasteiger partial charge is 0.226 e. The molecule has 4 rings (SSSR count). The van der Waals surface area contributed by atoms with Crippen molar-refractivity contribution in [1.29, 1.82) is 0 Å². The number of nitrogens with zero attached hydrogens (tertiary/aromatic N) is 2. The minimum atomic E-state index is -0.220. The molecule has 0 aliphatic carbocycles. The number of pyridine rings is 1. The number of imidazole rings is 1. The van der Waals surface area contributed by atoms with Crippen molar-refractivity contribution in [3.63, 3.8) is 0 Å². The number of nitrogens with one attached hydrogen (secondary N) is 3. The van der Waals surface area contributed by atoms with Crippen molar-refractivity contribution >= 4 is 34.8 Å². The van der Waals surface area contributed by atoms with E-state index in [1.807, 2.05) is 40.9 Å². The van der Waals surface area contributed by atoms with Crippen LogP contribution in [0.2, 0.25) is 10.0 Å². The lowest BCUT2D eigenvalue weighted by Crippen LogP contribution is -2.34. The monoisotopic (exact) mass is 389 g/mol. The van der Waals surface area contributed by atoms with Crippen molar-refractivity contribution < 1.29 is 4.79 Å². The van der Waals surface area contributed by atoms with Gasteiger partial charge in [0.05, 0.1) is 29.2 Å². The summed E-state index contributed by atoms with van der Waals surface area (Å²) in [6, 6.07) is 11.0. The van der Waals surface area contributed by atoms with Gasteiger partial charge in [0.15, 0.2) is 0 Å². The molecule has 3 aromatic rings. The number of hydrogen-bond donors (Lipinski definition) is 3. The van der Waals surface area contributed by atoms with Gasteiger partial charge in [-0.2, -0.15) is 0 Å². The first kappa shape index (κ1) is 17.3. The quantitative estimate of drug-likeness (QED) is 0.641. The van der Waals surface area contributed by atoms with Crippen LogP contribution in [0.4, 0.5) is 0 Å². The molecule has 1 aromatic carbocycles. The first-order valence-corrected chi connectivity index (χ1v) is 9.00. The van der Waals surface area contributed by atoms with Crippen LogP contribution in [-0.4, -0.2) is 21.8 Å². The van der Waals surface area contributed by atoms with Crippen molar-refractivity contribution in [1.82, 2.24) is 25.6 Å². The predicted octanol–water partition coefficient (Wildman–Crippen LogP) is 2.72. The third kappa shape index (κ3) is 3.54. The fourth-order valence-electron chi connectivity index (χ4n) is 3.14. The zero-order chi connectivity index (χ0) is 18.1. The molecule has 3 N–H and O–H groups in total. The van der Waals surface area contributed by atoms with Crippen molar-refractivity contribution in [2.24, 2.45) is 5.92 Å². The third-order valence-corrected chi connectivity index (χ3v) is 4.93. The number of fused-ring (bicyclic) bond motifs is 1. The molecule has 26 heavy (non-hydrogen) atoms. The number of rotatable bonds is 4. The number of hydrazine groups is 1. The minimum absolute atomic E-state index is 0.0301. The summed E-state index contributed by atoms with van der Waals surface area (Å²) in [7, 11) is 0. The molecule has 1 amide bonds. The summed E-state index contributed by atoms with van der Waals surface area (Å²) in [6.45, 7) is 0.919. The molecule has 8 heteroatoms. The summed E-state index contributed by atoms with van der Waals surface area (Å²) >= 11 is 11.9. The van der Waals surface area contributed by atoms with Gasteiger partial charge in [0.1, 0.15) is 5.65 Å². The van der Waals surface area contributed by atoms with Gasteiger partial charge in [-0.05, 0) is 29.8 Å². The minimum Gasteiger partial charge on any atom is -0.350 e. The molecule has 2 aromatic heterocycles. The van der Waals surface area contributed by atoms with Crippen LogP contribution in [0, 0.1) is 5.92 Å². The number of amides is 1. The number of halogens is 2. The molecule has 2 unspecified atom stereocenters. The standard InChI is InChI=1S/C18H17Cl2N5O/c19-12-3-1-11(2-4-12)17-15(8-22-24-17)18(26)21-7-14-10-25-9-13(20)5-6-16(25)23-14/h1-6,9-10,15,17,22,24H,7-8H2,(H,21,26). The molecule has 134 valence electrons. The van der Waals surface area contributed by atoms with E-state index in [1.165, 1.54) is 0 Å². The van der Waals surface area contributed by atoms with Gasteiger partial charge in [-0.15, -0.1) is 0 Å². The van der Waals surface area contributed by atoms with E-state index >= 15 is 0 Å². The van der Waals surface area contributed by atoms with E-state index in [2.05, 4.69) is 21.2 Å². The van der Waals surface area contributed by atoms with Crippen molar-refractivity contribution in [2.75, 3.05) is 6.54 Å². The van der Waals surface area contributed by atoms with Gasteiger partial charge in [-0.1, -0.05) is 35.3 Å². The van der Waals surface area contributed by atoms with Gasteiger partial charge in [-0.25, -0.2) is 10.4 Å². The zero-order valence-electron chi connectivity index (χ0n) is 13.7. The second-order valence-corrected chi connectivity index (χ2v) is 7.10. The predicted molar refractivity (Wildman–Crippen MR) is 101 cm³/mol. The molecular formula is C18H17Cl2N5O. The van der Waals surface area contributed by atoms with Crippen LogP contribution in [0.1, 0.15) is 17.3 Å². The van der Waals surface area contributed by atoms with E-state index < -0.39 is 0 Å². The first-order chi connectivity index (χ1) is 12.6. The molecular weight excluding hydrogens is 373 g/mol. The van der Waals surface area contributed by atoms with Gasteiger partial charge < -0.3 is 9.72 Å². The average molecular weight is 390 g/mol. The molecule has 0 radical (unpaired) electrons. The Balaban J connectivity index is 1.44. The fraction of sp³-hybridized carbons (Fsp3) is 0.222. The Labute approximate surface area is 160 Å². The van der Waals surface area contributed by atoms with Crippen molar-refractivity contribution in [3.8, 4) is 0 Å². The highest BCUT2D eigenvalue weighted by Gasteiger charge is 2.33. The second kappa shape index (κ2) is 7.25. The van der Waals surface area contributed by atoms with Crippen LogP contribution in [0.5, 0.6) is 0 Å². The summed E-state index contributed by atoms with van der Waals surface area (Å²) in [5, 5.41) is 4.29. The lowest BCUT2D eigenvalue weighted by molar-refractivity contribution is -0.125. The first-order valence-electron chi connectivity index (χ1n) is 8.25. The van der Waals surface area contributed by atoms with Gasteiger partial charge in [-0.3, -0.25) is 10.2 Å². The Morgan fingerprint density at radius 2 is 1.92 bits per heavy atom. The SMILES string of the molecule is O=C(NCc1cn2cc(Cl)ccc2n1)C1CNNC1c1ccc(Cl)cc1. The number of aromatic nitrogens is 2. The average Bonchev–Trinajstić information content (AvgIpc) is 3.26. The lowest BCUT2D eigenvalue weighted by atomic mass is 9.94. The fourth-order valence-corrected chi connectivity index (χ4v) is 3.43. The molecule has 0 bridgehead atoms. The summed E-state index contributed by atoms with van der Waals surface area (Å²) in [5.41, 5.74) is 8.81. The van der Waals surface area contributed by atoms with E-state index in [-0.39, 0.29) is 17.9 Å². The van der Waals surface area contributed by atoms with E-state index in [4.69, 9.17) is 23.2 Å². The molecule has 3 heterocycles. The Morgan fingerprint density at radius 1 is 1.15 bits per heavy atom. The maximum absolute atomic E-state index is 12.7. The molecule has 6 nitrogen and oxygen atoms in total. The van der Waals surface area contributed by atoms with Crippen molar-refractivity contribution in [2.45, 2.75) is 12.6 Å². The largest absolute Gasteiger partial charge is 0.350 e. The maximum atomic E-state index is 12.7. The second-order valence-electron chi connectivity index (χ2n) is 6.22. The molecule has 1 saturated heterocycles. The highest BCUT2D eigenvalue weighted by Crippen LogP contribution is 2.26. The van der Waals surface area contributed by atoms with Crippen LogP contribution in [0.25, 0.3) is 5.65 Å². The molecule has 1 aliphatic heterocycles. The van der Waals surface area contributed by atoms with Crippen LogP contribution in [-0.2, 0) is 11.3 Å². The Bertz CT molecular complexity index is 940. The Hall–Kier alpha value is -2.12. The molecule has 0 spiro atoms. The van der Waals surface area contributed by atoms with E-state index in [9.17, 15) is 4.79 Å². The highest BCUT2D eigenvalue weighted by molar-refractivity contribution is 6.30. The zero-order valence-corrected chi connectivity index (χ0v) is 15.3. The van der Waals surface area contributed by atoms with Crippen LogP contribution < -0.4 is 16.2 Å². The topological polar surface area (TPSA) is 70.5 Å². The highest BCUT2D eigenvalue weighted by atomic mass is 35.5. The van der Waals surface area contributed by atoms with Crippen molar-refractivity contribution in [3.05, 3.63) is 70.1 Å². The van der Waals surface area contributed by atoms with Crippen LogP contribution in [0.15, 0.2) is 48.8 Å². The van der Waals surface area contributed by atoms with Gasteiger partial charge in [0, 0.05) is 24.0 Å². The molecule has 2 atom stereocenters. The number of benzene rings is 1. The maximum Gasteiger partial charge on any atom is 0.226 e. The normalized spacial score (nSPS) is 19.8. The summed E-state index contributed by atoms with van der Waals surface area (Å²) in [5.74, 6) is -0.250. The number of carbonyl (C=O) groups is 1.